The fraction of sp³-hybridized carbons (Fsp3) is 0.400. The van der Waals surface area contributed by atoms with E-state index in [1.165, 1.54) is 5.56 Å². The van der Waals surface area contributed by atoms with Crippen LogP contribution in [0.4, 0.5) is 11.4 Å². The van der Waals surface area contributed by atoms with E-state index in [4.69, 9.17) is 0 Å². The van der Waals surface area contributed by atoms with Gasteiger partial charge in [-0.15, -0.1) is 0 Å². The summed E-state index contributed by atoms with van der Waals surface area (Å²) in [5.41, 5.74) is 2.29. The summed E-state index contributed by atoms with van der Waals surface area (Å²) in [6.45, 7) is 3.02. The number of fused-ring (bicyclic) bond motifs is 1. The lowest BCUT2D eigenvalue weighted by atomic mass is 9.99. The summed E-state index contributed by atoms with van der Waals surface area (Å²) in [4.78, 5) is 10.2. The van der Waals surface area contributed by atoms with Gasteiger partial charge in [0.05, 0.1) is 4.92 Å². The minimum Gasteiger partial charge on any atom is -0.384 e. The van der Waals surface area contributed by atoms with Gasteiger partial charge < -0.3 is 5.32 Å². The van der Waals surface area contributed by atoms with E-state index in [0.29, 0.717) is 5.92 Å². The largest absolute Gasteiger partial charge is 0.384 e. The Labute approximate surface area is 82.1 Å². The van der Waals surface area contributed by atoms with Gasteiger partial charge in [0.1, 0.15) is 0 Å². The monoisotopic (exact) mass is 192 g/mol. The third-order valence-electron chi connectivity index (χ3n) is 2.72. The van der Waals surface area contributed by atoms with E-state index in [1.807, 2.05) is 6.07 Å². The van der Waals surface area contributed by atoms with Gasteiger partial charge >= 0.3 is 0 Å². The highest BCUT2D eigenvalue weighted by Gasteiger charge is 2.22. The first kappa shape index (κ1) is 8.99. The number of nitrogens with one attached hydrogen (secondary N) is 1. The molecular formula is C10H12N2O2. The molecule has 1 atom stereocenters. The lowest BCUT2D eigenvalue weighted by Crippen LogP contribution is -1.99. The fourth-order valence-electron chi connectivity index (χ4n) is 1.87. The fourth-order valence-corrected chi connectivity index (χ4v) is 1.87. The second kappa shape index (κ2) is 3.29. The number of nitrogens with zero attached hydrogens (tertiary/aromatic N) is 1. The zero-order valence-corrected chi connectivity index (χ0v) is 7.99. The Morgan fingerprint density at radius 2 is 2.43 bits per heavy atom. The summed E-state index contributed by atoms with van der Waals surface area (Å²) in [6, 6.07) is 5.06. The molecule has 1 aliphatic rings. The molecule has 1 aliphatic heterocycles. The van der Waals surface area contributed by atoms with Crippen LogP contribution in [0, 0.1) is 10.1 Å². The SMILES string of the molecule is CCC1CNc2cc([N+](=O)[O-])ccc21. The molecule has 0 spiro atoms. The molecule has 0 aromatic heterocycles. The number of hydrogen-bond acceptors (Lipinski definition) is 3. The zero-order valence-electron chi connectivity index (χ0n) is 7.99. The smallest absolute Gasteiger partial charge is 0.271 e. The maximum absolute atomic E-state index is 10.5. The molecule has 0 bridgehead atoms. The molecule has 1 N–H and O–H groups in total. The Hall–Kier alpha value is -1.58. The molecule has 1 aromatic carbocycles. The second-order valence-corrected chi connectivity index (χ2v) is 3.51. The molecule has 1 heterocycles. The average molecular weight is 192 g/mol. The molecule has 0 amide bonds. The number of rotatable bonds is 2. The highest BCUT2D eigenvalue weighted by Crippen LogP contribution is 2.35. The number of non-ortho nitro benzene ring substituents is 1. The molecule has 74 valence electrons. The first-order chi connectivity index (χ1) is 6.72. The van der Waals surface area contributed by atoms with E-state index in [0.717, 1.165) is 18.7 Å². The van der Waals surface area contributed by atoms with Gasteiger partial charge in [-0.25, -0.2) is 0 Å². The molecule has 1 aromatic rings. The predicted molar refractivity (Wildman–Crippen MR) is 54.6 cm³/mol. The third kappa shape index (κ3) is 1.32. The lowest BCUT2D eigenvalue weighted by Gasteiger charge is -2.04. The van der Waals surface area contributed by atoms with Gasteiger partial charge in [-0.2, -0.15) is 0 Å². The molecule has 2 rings (SSSR count). The molecule has 4 heteroatoms. The minimum atomic E-state index is -0.360. The van der Waals surface area contributed by atoms with E-state index in [9.17, 15) is 10.1 Å². The van der Waals surface area contributed by atoms with E-state index in [2.05, 4.69) is 12.2 Å². The van der Waals surface area contributed by atoms with Crippen LogP contribution in [-0.4, -0.2) is 11.5 Å². The van der Waals surface area contributed by atoms with Crippen LogP contribution in [0.5, 0.6) is 0 Å². The first-order valence-corrected chi connectivity index (χ1v) is 4.74. The Balaban J connectivity index is 2.39. The summed E-state index contributed by atoms with van der Waals surface area (Å²) < 4.78 is 0. The molecule has 14 heavy (non-hydrogen) atoms. The van der Waals surface area contributed by atoms with Crippen molar-refractivity contribution in [2.45, 2.75) is 19.3 Å². The van der Waals surface area contributed by atoms with Crippen molar-refractivity contribution in [1.82, 2.24) is 0 Å². The van der Waals surface area contributed by atoms with Crippen LogP contribution in [0.1, 0.15) is 24.8 Å². The van der Waals surface area contributed by atoms with Gasteiger partial charge in [0, 0.05) is 30.3 Å². The third-order valence-corrected chi connectivity index (χ3v) is 2.72. The van der Waals surface area contributed by atoms with Crippen molar-refractivity contribution in [1.29, 1.82) is 0 Å². The molecule has 0 fully saturated rings. The van der Waals surface area contributed by atoms with E-state index in [-0.39, 0.29) is 10.6 Å². The predicted octanol–water partition coefficient (Wildman–Crippen LogP) is 2.51. The Kier molecular flexibility index (Phi) is 2.11. The minimum absolute atomic E-state index is 0.160. The van der Waals surface area contributed by atoms with Crippen molar-refractivity contribution in [3.63, 3.8) is 0 Å². The van der Waals surface area contributed by atoms with Crippen molar-refractivity contribution >= 4 is 11.4 Å². The number of anilines is 1. The van der Waals surface area contributed by atoms with E-state index in [1.54, 1.807) is 12.1 Å². The average Bonchev–Trinajstić information content (AvgIpc) is 2.59. The van der Waals surface area contributed by atoms with E-state index >= 15 is 0 Å². The molecular weight excluding hydrogens is 180 g/mol. The van der Waals surface area contributed by atoms with Crippen molar-refractivity contribution in [2.24, 2.45) is 0 Å². The maximum atomic E-state index is 10.5. The van der Waals surface area contributed by atoms with Crippen LogP contribution in [0.2, 0.25) is 0 Å². The number of benzene rings is 1. The van der Waals surface area contributed by atoms with Crippen molar-refractivity contribution in [3.05, 3.63) is 33.9 Å². The Morgan fingerprint density at radius 3 is 3.07 bits per heavy atom. The highest BCUT2D eigenvalue weighted by atomic mass is 16.6. The van der Waals surface area contributed by atoms with Crippen LogP contribution in [0.25, 0.3) is 0 Å². The summed E-state index contributed by atoms with van der Waals surface area (Å²) in [6.07, 6.45) is 1.07. The maximum Gasteiger partial charge on any atom is 0.271 e. The van der Waals surface area contributed by atoms with Crippen LogP contribution >= 0.6 is 0 Å². The summed E-state index contributed by atoms with van der Waals surface area (Å²) >= 11 is 0. The number of nitro groups is 1. The van der Waals surface area contributed by atoms with Crippen molar-refractivity contribution in [3.8, 4) is 0 Å². The van der Waals surface area contributed by atoms with Crippen molar-refractivity contribution < 1.29 is 4.92 Å². The van der Waals surface area contributed by atoms with Gasteiger partial charge in [0.2, 0.25) is 0 Å². The standard InChI is InChI=1S/C10H12N2O2/c1-2-7-6-11-10-5-8(12(13)14)3-4-9(7)10/h3-5,7,11H,2,6H2,1H3. The molecule has 4 nitrogen and oxygen atoms in total. The first-order valence-electron chi connectivity index (χ1n) is 4.74. The van der Waals surface area contributed by atoms with Gasteiger partial charge in [-0.05, 0) is 18.1 Å². The molecule has 0 saturated heterocycles. The molecule has 1 unspecified atom stereocenters. The molecule has 0 aliphatic carbocycles. The van der Waals surface area contributed by atoms with Gasteiger partial charge in [0.15, 0.2) is 0 Å². The van der Waals surface area contributed by atoms with Crippen LogP contribution in [0.3, 0.4) is 0 Å². The zero-order chi connectivity index (χ0) is 10.1. The lowest BCUT2D eigenvalue weighted by molar-refractivity contribution is -0.384. The molecule has 0 saturated carbocycles. The second-order valence-electron chi connectivity index (χ2n) is 3.51. The highest BCUT2D eigenvalue weighted by molar-refractivity contribution is 5.62. The van der Waals surface area contributed by atoms with Crippen LogP contribution < -0.4 is 5.32 Å². The van der Waals surface area contributed by atoms with Crippen LogP contribution in [-0.2, 0) is 0 Å². The number of nitro benzene ring substituents is 1. The van der Waals surface area contributed by atoms with Crippen LogP contribution in [0.15, 0.2) is 18.2 Å². The van der Waals surface area contributed by atoms with Crippen molar-refractivity contribution in [2.75, 3.05) is 11.9 Å². The van der Waals surface area contributed by atoms with Gasteiger partial charge in [0.25, 0.3) is 5.69 Å². The quantitative estimate of drug-likeness (QED) is 0.578. The normalized spacial score (nSPS) is 18.8. The Bertz CT molecular complexity index is 376. The topological polar surface area (TPSA) is 55.2 Å². The summed E-state index contributed by atoms with van der Waals surface area (Å²) in [7, 11) is 0. The van der Waals surface area contributed by atoms with E-state index < -0.39 is 0 Å². The summed E-state index contributed by atoms with van der Waals surface area (Å²) in [5, 5.41) is 13.7. The summed E-state index contributed by atoms with van der Waals surface area (Å²) in [5.74, 6) is 0.505. The molecule has 0 radical (unpaired) electrons. The van der Waals surface area contributed by atoms with Gasteiger partial charge in [-0.3, -0.25) is 10.1 Å². The Morgan fingerprint density at radius 1 is 1.64 bits per heavy atom. The van der Waals surface area contributed by atoms with Gasteiger partial charge in [-0.1, -0.05) is 6.92 Å². The number of hydrogen-bond donors (Lipinski definition) is 1.